The van der Waals surface area contributed by atoms with E-state index >= 15 is 0 Å². The summed E-state index contributed by atoms with van der Waals surface area (Å²) in [4.78, 5) is 12.1. The van der Waals surface area contributed by atoms with E-state index in [0.717, 1.165) is 33.7 Å². The Balaban J connectivity index is 2.00. The molecule has 0 bridgehead atoms. The molecule has 2 aromatic rings. The van der Waals surface area contributed by atoms with Crippen LogP contribution in [0.5, 0.6) is 5.75 Å². The van der Waals surface area contributed by atoms with Gasteiger partial charge in [0, 0.05) is 9.26 Å². The van der Waals surface area contributed by atoms with Gasteiger partial charge >= 0.3 is 0 Å². The lowest BCUT2D eigenvalue weighted by molar-refractivity contribution is -0.118. The summed E-state index contributed by atoms with van der Waals surface area (Å²) in [5.74, 6) is 0.603. The molecule has 22 heavy (non-hydrogen) atoms. The first-order valence-electron chi connectivity index (χ1n) is 7.14. The molecular weight excluding hydrogens is 389 g/mol. The van der Waals surface area contributed by atoms with E-state index in [-0.39, 0.29) is 12.5 Å². The molecule has 1 amide bonds. The summed E-state index contributed by atoms with van der Waals surface area (Å²) in [6.07, 6.45) is 0. The second-order valence-corrected chi connectivity index (χ2v) is 6.54. The van der Waals surface area contributed by atoms with Crippen LogP contribution in [0.25, 0.3) is 0 Å². The van der Waals surface area contributed by atoms with E-state index in [1.165, 1.54) is 3.57 Å². The lowest BCUT2D eigenvalue weighted by atomic mass is 10.1. The summed E-state index contributed by atoms with van der Waals surface area (Å²) in [5, 5.41) is 2.89. The van der Waals surface area contributed by atoms with Crippen LogP contribution in [0, 0.1) is 31.3 Å². The molecule has 0 radical (unpaired) electrons. The van der Waals surface area contributed by atoms with Crippen molar-refractivity contribution in [3.8, 4) is 5.75 Å². The van der Waals surface area contributed by atoms with Gasteiger partial charge in [0.1, 0.15) is 5.75 Å². The first kappa shape index (κ1) is 16.8. The predicted octanol–water partition coefficient (Wildman–Crippen LogP) is 4.54. The molecule has 0 saturated carbocycles. The number of carbonyl (C=O) groups excluding carboxylic acids is 1. The van der Waals surface area contributed by atoms with Crippen molar-refractivity contribution < 1.29 is 9.53 Å². The maximum atomic E-state index is 12.1. The third-order valence-electron chi connectivity index (χ3n) is 3.63. The largest absolute Gasteiger partial charge is 0.483 e. The zero-order valence-corrected chi connectivity index (χ0v) is 15.4. The highest BCUT2D eigenvalue weighted by Gasteiger charge is 2.08. The lowest BCUT2D eigenvalue weighted by Crippen LogP contribution is -2.20. The second kappa shape index (κ2) is 7.13. The monoisotopic (exact) mass is 409 g/mol. The summed E-state index contributed by atoms with van der Waals surface area (Å²) in [5.41, 5.74) is 5.35. The number of halogens is 1. The van der Waals surface area contributed by atoms with Gasteiger partial charge in [0.05, 0.1) is 0 Å². The van der Waals surface area contributed by atoms with Gasteiger partial charge in [-0.2, -0.15) is 0 Å². The second-order valence-electron chi connectivity index (χ2n) is 5.46. The molecule has 0 aliphatic rings. The van der Waals surface area contributed by atoms with Crippen molar-refractivity contribution >= 4 is 34.2 Å². The van der Waals surface area contributed by atoms with Crippen molar-refractivity contribution in [1.82, 2.24) is 0 Å². The van der Waals surface area contributed by atoms with Gasteiger partial charge in [-0.05, 0) is 90.7 Å². The lowest BCUT2D eigenvalue weighted by Gasteiger charge is -2.12. The molecule has 0 aromatic heterocycles. The zero-order chi connectivity index (χ0) is 16.3. The standard InChI is InChI=1S/C18H20INO2/c1-11-6-5-7-16(14(11)4)22-10-17(21)20-15-8-12(2)18(19)13(3)9-15/h5-9H,10H2,1-4H3,(H,20,21). The van der Waals surface area contributed by atoms with Crippen LogP contribution in [0.1, 0.15) is 22.3 Å². The van der Waals surface area contributed by atoms with Crippen LogP contribution >= 0.6 is 22.6 Å². The highest BCUT2D eigenvalue weighted by Crippen LogP contribution is 2.22. The zero-order valence-electron chi connectivity index (χ0n) is 13.3. The van der Waals surface area contributed by atoms with Gasteiger partial charge in [-0.3, -0.25) is 4.79 Å². The Morgan fingerprint density at radius 1 is 1.09 bits per heavy atom. The molecule has 0 atom stereocenters. The van der Waals surface area contributed by atoms with Crippen molar-refractivity contribution in [1.29, 1.82) is 0 Å². The van der Waals surface area contributed by atoms with E-state index in [1.807, 2.05) is 58.0 Å². The Hall–Kier alpha value is -1.56. The smallest absolute Gasteiger partial charge is 0.262 e. The molecule has 0 aliphatic carbocycles. The Bertz CT molecular complexity index is 687. The maximum Gasteiger partial charge on any atom is 0.262 e. The molecule has 0 unspecified atom stereocenters. The molecule has 116 valence electrons. The van der Waals surface area contributed by atoms with Crippen LogP contribution in [0.15, 0.2) is 30.3 Å². The number of aryl methyl sites for hydroxylation is 3. The van der Waals surface area contributed by atoms with Crippen molar-refractivity contribution in [2.24, 2.45) is 0 Å². The normalized spacial score (nSPS) is 10.4. The number of amides is 1. The van der Waals surface area contributed by atoms with Crippen molar-refractivity contribution in [3.63, 3.8) is 0 Å². The molecule has 2 rings (SSSR count). The number of benzene rings is 2. The third-order valence-corrected chi connectivity index (χ3v) is 5.34. The van der Waals surface area contributed by atoms with E-state index in [9.17, 15) is 4.79 Å². The number of hydrogen-bond acceptors (Lipinski definition) is 2. The molecule has 3 nitrogen and oxygen atoms in total. The average molecular weight is 409 g/mol. The predicted molar refractivity (Wildman–Crippen MR) is 98.7 cm³/mol. The highest BCUT2D eigenvalue weighted by atomic mass is 127. The molecule has 0 spiro atoms. The van der Waals surface area contributed by atoms with Crippen LogP contribution in [-0.4, -0.2) is 12.5 Å². The SMILES string of the molecule is Cc1cccc(OCC(=O)Nc2cc(C)c(I)c(C)c2)c1C. The number of rotatable bonds is 4. The summed E-state index contributed by atoms with van der Waals surface area (Å²) in [6, 6.07) is 9.80. The van der Waals surface area contributed by atoms with Gasteiger partial charge in [0.25, 0.3) is 5.91 Å². The first-order chi connectivity index (χ1) is 10.4. The van der Waals surface area contributed by atoms with Gasteiger partial charge in [0.15, 0.2) is 6.61 Å². The van der Waals surface area contributed by atoms with Crippen molar-refractivity contribution in [2.75, 3.05) is 11.9 Å². The van der Waals surface area contributed by atoms with Gasteiger partial charge in [-0.15, -0.1) is 0 Å². The minimum atomic E-state index is -0.152. The molecule has 0 aliphatic heterocycles. The summed E-state index contributed by atoms with van der Waals surface area (Å²) in [7, 11) is 0. The quantitative estimate of drug-likeness (QED) is 0.753. The fraction of sp³-hybridized carbons (Fsp3) is 0.278. The molecule has 4 heteroatoms. The van der Waals surface area contributed by atoms with Crippen molar-refractivity contribution in [2.45, 2.75) is 27.7 Å². The Morgan fingerprint density at radius 2 is 1.73 bits per heavy atom. The third kappa shape index (κ3) is 4.00. The number of hydrogen-bond donors (Lipinski definition) is 1. The van der Waals surface area contributed by atoms with E-state index in [4.69, 9.17) is 4.74 Å². The molecule has 0 heterocycles. The van der Waals surface area contributed by atoms with Crippen molar-refractivity contribution in [3.05, 3.63) is 56.2 Å². The Morgan fingerprint density at radius 3 is 2.36 bits per heavy atom. The van der Waals surface area contributed by atoms with Crippen LogP contribution in [0.4, 0.5) is 5.69 Å². The molecule has 2 aromatic carbocycles. The number of anilines is 1. The van der Waals surface area contributed by atoms with E-state index in [0.29, 0.717) is 0 Å². The van der Waals surface area contributed by atoms with Crippen LogP contribution in [-0.2, 0) is 4.79 Å². The minimum Gasteiger partial charge on any atom is -0.483 e. The van der Waals surface area contributed by atoms with Gasteiger partial charge in [-0.1, -0.05) is 12.1 Å². The van der Waals surface area contributed by atoms with Gasteiger partial charge in [-0.25, -0.2) is 0 Å². The Labute approximate surface area is 145 Å². The number of ether oxygens (including phenoxy) is 1. The first-order valence-corrected chi connectivity index (χ1v) is 8.22. The van der Waals surface area contributed by atoms with Crippen LogP contribution < -0.4 is 10.1 Å². The highest BCUT2D eigenvalue weighted by molar-refractivity contribution is 14.1. The van der Waals surface area contributed by atoms with Gasteiger partial charge in [0.2, 0.25) is 0 Å². The molecular formula is C18H20INO2. The Kier molecular flexibility index (Phi) is 5.45. The molecule has 1 N–H and O–H groups in total. The minimum absolute atomic E-state index is 0.00831. The van der Waals surface area contributed by atoms with E-state index < -0.39 is 0 Å². The number of carbonyl (C=O) groups is 1. The topological polar surface area (TPSA) is 38.3 Å². The number of nitrogens with one attached hydrogen (secondary N) is 1. The van der Waals surface area contributed by atoms with E-state index in [2.05, 4.69) is 27.9 Å². The fourth-order valence-electron chi connectivity index (χ4n) is 2.24. The molecule has 0 saturated heterocycles. The summed E-state index contributed by atoms with van der Waals surface area (Å²) < 4.78 is 6.85. The van der Waals surface area contributed by atoms with Crippen LogP contribution in [0.3, 0.4) is 0 Å². The van der Waals surface area contributed by atoms with Crippen LogP contribution in [0.2, 0.25) is 0 Å². The average Bonchev–Trinajstić information content (AvgIpc) is 2.46. The summed E-state index contributed by atoms with van der Waals surface area (Å²) in [6.45, 7) is 8.11. The molecule has 0 fully saturated rings. The fourth-order valence-corrected chi connectivity index (χ4v) is 2.55. The van der Waals surface area contributed by atoms with Gasteiger partial charge < -0.3 is 10.1 Å². The van der Waals surface area contributed by atoms with E-state index in [1.54, 1.807) is 0 Å². The summed E-state index contributed by atoms with van der Waals surface area (Å²) >= 11 is 2.31. The maximum absolute atomic E-state index is 12.1.